The Kier molecular flexibility index (Phi) is 2.48. The number of carbonyl (C=O) groups is 1. The fourth-order valence-electron chi connectivity index (χ4n) is 1.83. The normalized spacial score (nSPS) is 25.8. The van der Waals surface area contributed by atoms with Gasteiger partial charge in [0.15, 0.2) is 0 Å². The van der Waals surface area contributed by atoms with Crippen molar-refractivity contribution in [1.82, 2.24) is 0 Å². The van der Waals surface area contributed by atoms with Crippen LogP contribution >= 0.6 is 10.1 Å². The Morgan fingerprint density at radius 2 is 1.59 bits per heavy atom. The first-order valence-electron chi connectivity index (χ1n) is 5.13. The number of benzene rings is 2. The van der Waals surface area contributed by atoms with Gasteiger partial charge in [-0.2, -0.15) is 0 Å². The summed E-state index contributed by atoms with van der Waals surface area (Å²) in [6.45, 7) is 0. The van der Waals surface area contributed by atoms with Gasteiger partial charge in [-0.3, -0.25) is 0 Å². The van der Waals surface area contributed by atoms with Crippen LogP contribution in [0.3, 0.4) is 0 Å². The average molecular weight is 312 g/mol. The molecule has 3 rings (SSSR count). The van der Waals surface area contributed by atoms with Crippen molar-refractivity contribution < 1.29 is 8.61 Å². The fraction of sp³-hybridized carbons (Fsp3) is 0. The van der Waals surface area contributed by atoms with Crippen molar-refractivity contribution in [3.8, 4) is 0 Å². The molecule has 0 bridgehead atoms. The Morgan fingerprint density at radius 3 is 2.35 bits per heavy atom. The third kappa shape index (κ3) is 1.59. The number of fused-ring (bicyclic) bond motifs is 1. The molecule has 86 valence electrons. The maximum absolute atomic E-state index is 11.8. The van der Waals surface area contributed by atoms with Gasteiger partial charge in [-0.05, 0) is 0 Å². The second-order valence-electron chi connectivity index (χ2n) is 3.67. The van der Waals surface area contributed by atoms with Crippen LogP contribution in [0, 0.1) is 0 Å². The SMILES string of the molecule is O=C1O[Se](Cl)(c2ccccc2)c2ccccc21. The van der Waals surface area contributed by atoms with Crippen molar-refractivity contribution in [3.63, 3.8) is 0 Å². The van der Waals surface area contributed by atoms with Gasteiger partial charge in [-0.25, -0.2) is 0 Å². The summed E-state index contributed by atoms with van der Waals surface area (Å²) >= 11 is -3.03. The summed E-state index contributed by atoms with van der Waals surface area (Å²) in [5.74, 6) is -0.306. The van der Waals surface area contributed by atoms with Crippen LogP contribution in [-0.2, 0) is 3.82 Å². The van der Waals surface area contributed by atoms with E-state index >= 15 is 0 Å². The molecule has 17 heavy (non-hydrogen) atoms. The zero-order chi connectivity index (χ0) is 11.9. The number of halogens is 1. The van der Waals surface area contributed by atoms with Crippen LogP contribution in [0.15, 0.2) is 54.6 Å². The van der Waals surface area contributed by atoms with E-state index in [0.29, 0.717) is 5.56 Å². The van der Waals surface area contributed by atoms with Crippen molar-refractivity contribution in [2.45, 2.75) is 0 Å². The summed E-state index contributed by atoms with van der Waals surface area (Å²) < 4.78 is 7.27. The van der Waals surface area contributed by atoms with Gasteiger partial charge >= 0.3 is 106 Å². The van der Waals surface area contributed by atoms with Crippen molar-refractivity contribution in [3.05, 3.63) is 60.2 Å². The molecule has 0 radical (unpaired) electrons. The molecule has 0 spiro atoms. The van der Waals surface area contributed by atoms with E-state index < -0.39 is 12.3 Å². The Hall–Kier alpha value is -1.28. The molecule has 4 heteroatoms. The first kappa shape index (κ1) is 10.8. The molecule has 0 aliphatic carbocycles. The molecule has 2 aromatic rings. The van der Waals surface area contributed by atoms with Crippen LogP contribution in [-0.4, -0.2) is 18.2 Å². The second-order valence-corrected chi connectivity index (χ2v) is 10.2. The molecular formula is C13H9ClO2Se. The third-order valence-electron chi connectivity index (χ3n) is 2.63. The third-order valence-corrected chi connectivity index (χ3v) is 9.32. The van der Waals surface area contributed by atoms with E-state index in [1.54, 1.807) is 6.07 Å². The monoisotopic (exact) mass is 312 g/mol. The van der Waals surface area contributed by atoms with E-state index in [0.717, 1.165) is 8.92 Å². The number of hydrogen-bond donors (Lipinski definition) is 0. The van der Waals surface area contributed by atoms with Gasteiger partial charge in [0.05, 0.1) is 0 Å². The molecule has 0 amide bonds. The van der Waals surface area contributed by atoms with Crippen molar-refractivity contribution >= 4 is 37.3 Å². The van der Waals surface area contributed by atoms with Gasteiger partial charge in [-0.15, -0.1) is 0 Å². The molecule has 0 fully saturated rings. The second kappa shape index (κ2) is 3.88. The van der Waals surface area contributed by atoms with Crippen LogP contribution in [0.25, 0.3) is 0 Å². The predicted octanol–water partition coefficient (Wildman–Crippen LogP) is 1.65. The summed E-state index contributed by atoms with van der Waals surface area (Å²) in [7, 11) is 6.63. The number of carbonyl (C=O) groups excluding carboxylic acids is 1. The van der Waals surface area contributed by atoms with Crippen LogP contribution in [0.4, 0.5) is 0 Å². The van der Waals surface area contributed by atoms with Gasteiger partial charge in [0.2, 0.25) is 0 Å². The first-order chi connectivity index (χ1) is 8.22. The maximum atomic E-state index is 11.8. The van der Waals surface area contributed by atoms with Gasteiger partial charge in [0.25, 0.3) is 0 Å². The van der Waals surface area contributed by atoms with Gasteiger partial charge in [0.1, 0.15) is 0 Å². The number of hydrogen-bond acceptors (Lipinski definition) is 2. The summed E-state index contributed by atoms with van der Waals surface area (Å²) in [5, 5.41) is 0. The number of rotatable bonds is 1. The molecule has 1 unspecified atom stereocenters. The summed E-state index contributed by atoms with van der Waals surface area (Å²) in [6, 6.07) is 16.9. The Morgan fingerprint density at radius 1 is 0.941 bits per heavy atom. The molecule has 1 aliphatic heterocycles. The molecule has 1 atom stereocenters. The van der Waals surface area contributed by atoms with E-state index in [4.69, 9.17) is 13.9 Å². The minimum atomic E-state index is -3.03. The zero-order valence-corrected chi connectivity index (χ0v) is 11.3. The Bertz CT molecular complexity index is 585. The molecule has 1 heterocycles. The van der Waals surface area contributed by atoms with Gasteiger partial charge < -0.3 is 0 Å². The molecule has 0 saturated heterocycles. The topological polar surface area (TPSA) is 26.3 Å². The van der Waals surface area contributed by atoms with E-state index in [1.165, 1.54) is 0 Å². The van der Waals surface area contributed by atoms with Crippen molar-refractivity contribution in [1.29, 1.82) is 0 Å². The van der Waals surface area contributed by atoms with E-state index in [2.05, 4.69) is 0 Å². The standard InChI is InChI=1S/C13H9ClO2Se/c14-17(10-6-2-1-3-7-10)12-9-5-4-8-11(12)13(15)16-17/h1-9H. The zero-order valence-electron chi connectivity index (χ0n) is 8.80. The predicted molar refractivity (Wildman–Crippen MR) is 69.2 cm³/mol. The summed E-state index contributed by atoms with van der Waals surface area (Å²) in [6.07, 6.45) is 0. The van der Waals surface area contributed by atoms with E-state index in [1.807, 2.05) is 48.5 Å². The van der Waals surface area contributed by atoms with Gasteiger partial charge in [0, 0.05) is 0 Å². The molecule has 0 N–H and O–H groups in total. The van der Waals surface area contributed by atoms with Crippen molar-refractivity contribution in [2.24, 2.45) is 0 Å². The van der Waals surface area contributed by atoms with E-state index in [-0.39, 0.29) is 5.97 Å². The Labute approximate surface area is 106 Å². The van der Waals surface area contributed by atoms with Gasteiger partial charge in [-0.1, -0.05) is 0 Å². The molecule has 1 aliphatic rings. The quantitative estimate of drug-likeness (QED) is 0.749. The van der Waals surface area contributed by atoms with Crippen LogP contribution in [0.2, 0.25) is 0 Å². The van der Waals surface area contributed by atoms with Crippen molar-refractivity contribution in [2.75, 3.05) is 0 Å². The molecule has 2 aromatic carbocycles. The van der Waals surface area contributed by atoms with E-state index in [9.17, 15) is 4.79 Å². The molecule has 0 aromatic heterocycles. The van der Waals surface area contributed by atoms with Crippen LogP contribution < -0.4 is 8.92 Å². The Balaban J connectivity index is 2.21. The van der Waals surface area contributed by atoms with Crippen LogP contribution in [0.5, 0.6) is 0 Å². The molecule has 2 nitrogen and oxygen atoms in total. The fourth-order valence-corrected chi connectivity index (χ4v) is 7.42. The minimum absolute atomic E-state index is 0.306. The molecular weight excluding hydrogens is 303 g/mol. The molecule has 0 saturated carbocycles. The average Bonchev–Trinajstić information content (AvgIpc) is 2.65. The summed E-state index contributed by atoms with van der Waals surface area (Å²) in [4.78, 5) is 11.8. The first-order valence-corrected chi connectivity index (χ1v) is 9.79. The summed E-state index contributed by atoms with van der Waals surface area (Å²) in [5.41, 5.74) is 0.603. The van der Waals surface area contributed by atoms with Crippen LogP contribution in [0.1, 0.15) is 10.4 Å².